The molecule has 1 heterocycles. The van der Waals surface area contributed by atoms with Gasteiger partial charge in [0.25, 0.3) is 11.8 Å². The number of rotatable bonds is 4. The van der Waals surface area contributed by atoms with E-state index in [1.54, 1.807) is 31.3 Å². The van der Waals surface area contributed by atoms with Crippen molar-refractivity contribution in [3.8, 4) is 0 Å². The third-order valence-corrected chi connectivity index (χ3v) is 7.39. The van der Waals surface area contributed by atoms with Gasteiger partial charge in [0.1, 0.15) is 0 Å². The second-order valence-corrected chi connectivity index (χ2v) is 9.94. The van der Waals surface area contributed by atoms with Crippen LogP contribution in [0.5, 0.6) is 0 Å². The smallest absolute Gasteiger partial charge is 0.253 e. The Morgan fingerprint density at radius 1 is 1.04 bits per heavy atom. The van der Waals surface area contributed by atoms with Crippen molar-refractivity contribution in [2.24, 2.45) is 0 Å². The van der Waals surface area contributed by atoms with Gasteiger partial charge >= 0.3 is 0 Å². The van der Waals surface area contributed by atoms with E-state index in [0.717, 1.165) is 25.7 Å². The number of benzene rings is 1. The molecule has 0 radical (unpaired) electrons. The van der Waals surface area contributed by atoms with Gasteiger partial charge in [-0.2, -0.15) is 0 Å². The zero-order valence-electron chi connectivity index (χ0n) is 15.8. The highest BCUT2D eigenvalue weighted by Crippen LogP contribution is 2.20. The van der Waals surface area contributed by atoms with E-state index in [9.17, 15) is 18.0 Å². The van der Waals surface area contributed by atoms with E-state index in [2.05, 4.69) is 5.32 Å². The summed E-state index contributed by atoms with van der Waals surface area (Å²) in [5, 5.41) is 3.09. The van der Waals surface area contributed by atoms with Crippen molar-refractivity contribution in [3.63, 3.8) is 0 Å². The van der Waals surface area contributed by atoms with Crippen molar-refractivity contribution in [2.75, 3.05) is 18.6 Å². The molecule has 1 atom stereocenters. The van der Waals surface area contributed by atoms with E-state index < -0.39 is 9.84 Å². The van der Waals surface area contributed by atoms with Gasteiger partial charge in [-0.25, -0.2) is 8.42 Å². The summed E-state index contributed by atoms with van der Waals surface area (Å²) < 4.78 is 23.3. The van der Waals surface area contributed by atoms with Crippen LogP contribution in [0.1, 0.15) is 65.7 Å². The number of nitrogens with zero attached hydrogens (tertiary/aromatic N) is 1. The first kappa shape index (κ1) is 19.9. The van der Waals surface area contributed by atoms with E-state index in [1.165, 1.54) is 17.7 Å². The number of hydrogen-bond donors (Lipinski definition) is 1. The Morgan fingerprint density at radius 2 is 1.70 bits per heavy atom. The molecule has 0 spiro atoms. The molecule has 1 aromatic carbocycles. The summed E-state index contributed by atoms with van der Waals surface area (Å²) in [7, 11) is -1.42. The van der Waals surface area contributed by atoms with Crippen molar-refractivity contribution in [2.45, 2.75) is 57.0 Å². The van der Waals surface area contributed by atoms with Crippen LogP contribution in [0, 0.1) is 0 Å². The molecule has 1 aliphatic carbocycles. The minimum atomic E-state index is -3.06. The van der Waals surface area contributed by atoms with E-state index in [4.69, 9.17) is 0 Å². The highest BCUT2D eigenvalue weighted by atomic mass is 32.2. The van der Waals surface area contributed by atoms with Crippen molar-refractivity contribution < 1.29 is 18.0 Å². The molecule has 2 amide bonds. The summed E-state index contributed by atoms with van der Waals surface area (Å²) in [5.74, 6) is -0.264. The van der Waals surface area contributed by atoms with Crippen molar-refractivity contribution in [1.29, 1.82) is 0 Å². The average Bonchev–Trinajstić information content (AvgIpc) is 2.84. The summed E-state index contributed by atoms with van der Waals surface area (Å²) in [6, 6.07) is 6.59. The van der Waals surface area contributed by atoms with Gasteiger partial charge in [-0.05, 0) is 37.5 Å². The molecular formula is C20H28N2O4S. The van der Waals surface area contributed by atoms with Crippen LogP contribution in [0.3, 0.4) is 0 Å². The van der Waals surface area contributed by atoms with Gasteiger partial charge in [0.2, 0.25) is 0 Å². The molecule has 1 N–H and O–H groups in total. The van der Waals surface area contributed by atoms with Crippen LogP contribution in [0.2, 0.25) is 0 Å². The number of nitrogens with one attached hydrogen (secondary N) is 1. The molecule has 1 aliphatic heterocycles. The van der Waals surface area contributed by atoms with Crippen LogP contribution in [-0.2, 0) is 9.84 Å². The number of hydrogen-bond acceptors (Lipinski definition) is 4. The number of carbonyl (C=O) groups excluding carboxylic acids is 2. The van der Waals surface area contributed by atoms with Crippen molar-refractivity contribution >= 4 is 21.7 Å². The average molecular weight is 393 g/mol. The topological polar surface area (TPSA) is 83.6 Å². The SMILES string of the molecule is CN(C(=O)c1cccc(C(=O)NC2CCCCCC2)c1)C1CCS(=O)(=O)C1. The first-order chi connectivity index (χ1) is 12.9. The van der Waals surface area contributed by atoms with Gasteiger partial charge in [-0.3, -0.25) is 9.59 Å². The molecule has 0 bridgehead atoms. The zero-order chi connectivity index (χ0) is 19.4. The molecule has 3 rings (SSSR count). The molecule has 7 heteroatoms. The molecule has 2 fully saturated rings. The lowest BCUT2D eigenvalue weighted by atomic mass is 10.1. The maximum absolute atomic E-state index is 12.8. The monoisotopic (exact) mass is 392 g/mol. The molecule has 1 aromatic rings. The van der Waals surface area contributed by atoms with Crippen molar-refractivity contribution in [1.82, 2.24) is 10.2 Å². The number of sulfone groups is 1. The first-order valence-electron chi connectivity index (χ1n) is 9.74. The lowest BCUT2D eigenvalue weighted by Crippen LogP contribution is -2.38. The summed E-state index contributed by atoms with van der Waals surface area (Å²) in [5.41, 5.74) is 0.882. The third-order valence-electron chi connectivity index (χ3n) is 5.64. The van der Waals surface area contributed by atoms with Gasteiger partial charge in [0, 0.05) is 30.3 Å². The Kier molecular flexibility index (Phi) is 6.19. The normalized spacial score (nSPS) is 22.8. The maximum atomic E-state index is 12.8. The fourth-order valence-corrected chi connectivity index (χ4v) is 5.71. The molecule has 1 saturated carbocycles. The van der Waals surface area contributed by atoms with Gasteiger partial charge in [-0.1, -0.05) is 31.7 Å². The van der Waals surface area contributed by atoms with Gasteiger partial charge in [0.15, 0.2) is 9.84 Å². The number of amides is 2. The van der Waals surface area contributed by atoms with Crippen LogP contribution in [0.25, 0.3) is 0 Å². The summed E-state index contributed by atoms with van der Waals surface area (Å²) in [6.07, 6.45) is 7.19. The molecule has 6 nitrogen and oxygen atoms in total. The second kappa shape index (κ2) is 8.42. The largest absolute Gasteiger partial charge is 0.349 e. The first-order valence-corrected chi connectivity index (χ1v) is 11.6. The lowest BCUT2D eigenvalue weighted by Gasteiger charge is -2.23. The Bertz CT molecular complexity index is 798. The van der Waals surface area contributed by atoms with Crippen LogP contribution in [0.15, 0.2) is 24.3 Å². The minimum Gasteiger partial charge on any atom is -0.349 e. The van der Waals surface area contributed by atoms with E-state index in [-0.39, 0.29) is 35.4 Å². The molecule has 0 aromatic heterocycles. The van der Waals surface area contributed by atoms with Gasteiger partial charge < -0.3 is 10.2 Å². The van der Waals surface area contributed by atoms with Gasteiger partial charge in [-0.15, -0.1) is 0 Å². The highest BCUT2D eigenvalue weighted by molar-refractivity contribution is 7.91. The predicted octanol–water partition coefficient (Wildman–Crippen LogP) is 2.40. The van der Waals surface area contributed by atoms with Crippen LogP contribution < -0.4 is 5.32 Å². The van der Waals surface area contributed by atoms with Crippen LogP contribution in [0.4, 0.5) is 0 Å². The lowest BCUT2D eigenvalue weighted by molar-refractivity contribution is 0.0747. The summed E-state index contributed by atoms with van der Waals surface area (Å²) >= 11 is 0. The van der Waals surface area contributed by atoms with E-state index in [1.807, 2.05) is 0 Å². The summed E-state index contributed by atoms with van der Waals surface area (Å²) in [4.78, 5) is 26.8. The molecular weight excluding hydrogens is 364 g/mol. The Labute approximate surface area is 161 Å². The fourth-order valence-electron chi connectivity index (χ4n) is 3.94. The fraction of sp³-hybridized carbons (Fsp3) is 0.600. The quantitative estimate of drug-likeness (QED) is 0.798. The van der Waals surface area contributed by atoms with E-state index in [0.29, 0.717) is 17.5 Å². The standard InChI is InChI=1S/C20H28N2O4S/c1-22(18-11-12-27(25,26)14-18)20(24)16-8-6-7-15(13-16)19(23)21-17-9-4-2-3-5-10-17/h6-8,13,17-18H,2-5,9-12,14H2,1H3,(H,21,23). The maximum Gasteiger partial charge on any atom is 0.253 e. The third kappa shape index (κ3) is 5.09. The second-order valence-electron chi connectivity index (χ2n) is 7.72. The van der Waals surface area contributed by atoms with Crippen molar-refractivity contribution in [3.05, 3.63) is 35.4 Å². The Morgan fingerprint density at radius 3 is 2.33 bits per heavy atom. The van der Waals surface area contributed by atoms with E-state index >= 15 is 0 Å². The highest BCUT2D eigenvalue weighted by Gasteiger charge is 2.33. The Balaban J connectivity index is 1.67. The molecule has 148 valence electrons. The number of carbonyl (C=O) groups is 2. The molecule has 1 unspecified atom stereocenters. The van der Waals surface area contributed by atoms with Crippen LogP contribution in [-0.4, -0.2) is 55.8 Å². The summed E-state index contributed by atoms with van der Waals surface area (Å²) in [6.45, 7) is 0. The molecule has 27 heavy (non-hydrogen) atoms. The Hall–Kier alpha value is -1.89. The van der Waals surface area contributed by atoms with Crippen LogP contribution >= 0.6 is 0 Å². The predicted molar refractivity (Wildman–Crippen MR) is 105 cm³/mol. The zero-order valence-corrected chi connectivity index (χ0v) is 16.6. The minimum absolute atomic E-state index is 0.0110. The van der Waals surface area contributed by atoms with Gasteiger partial charge in [0.05, 0.1) is 11.5 Å². The molecule has 1 saturated heterocycles. The molecule has 2 aliphatic rings.